The molecule has 6 heteroatoms. The van der Waals surface area contributed by atoms with Crippen molar-refractivity contribution in [3.8, 4) is 0 Å². The maximum Gasteiger partial charge on any atom is 0.242 e. The fraction of sp³-hybridized carbons (Fsp3) is 0.556. The van der Waals surface area contributed by atoms with Crippen LogP contribution >= 0.6 is 0 Å². The highest BCUT2D eigenvalue weighted by Gasteiger charge is 2.17. The molecule has 0 radical (unpaired) electrons. The molecule has 0 saturated heterocycles. The molecule has 0 fully saturated rings. The van der Waals surface area contributed by atoms with Gasteiger partial charge in [0.05, 0.1) is 12.1 Å². The van der Waals surface area contributed by atoms with Gasteiger partial charge in [0.1, 0.15) is 0 Å². The Kier molecular flexibility index (Phi) is 8.26. The number of nitrogens with zero attached hydrogens (tertiary/aromatic N) is 2. The van der Waals surface area contributed by atoms with Crippen molar-refractivity contribution in [1.82, 2.24) is 15.5 Å². The minimum Gasteiger partial charge on any atom is -0.377 e. The summed E-state index contributed by atoms with van der Waals surface area (Å²) in [6.45, 7) is 8.02. The molecular weight excluding hydrogens is 304 g/mol. The molecule has 0 heterocycles. The van der Waals surface area contributed by atoms with Gasteiger partial charge in [-0.3, -0.25) is 9.79 Å². The number of amides is 1. The normalized spacial score (nSPS) is 12.0. The molecule has 0 aliphatic heterocycles. The van der Waals surface area contributed by atoms with Crippen LogP contribution in [0.5, 0.6) is 0 Å². The van der Waals surface area contributed by atoms with Crippen molar-refractivity contribution >= 4 is 11.9 Å². The maximum absolute atomic E-state index is 12.4. The molecule has 0 aliphatic carbocycles. The van der Waals surface area contributed by atoms with Crippen LogP contribution in [-0.4, -0.2) is 56.2 Å². The van der Waals surface area contributed by atoms with Gasteiger partial charge < -0.3 is 20.3 Å². The number of rotatable bonds is 8. The summed E-state index contributed by atoms with van der Waals surface area (Å²) >= 11 is 0. The minimum atomic E-state index is -0.301. The van der Waals surface area contributed by atoms with Crippen LogP contribution in [-0.2, 0) is 16.1 Å². The molecule has 0 aromatic heterocycles. The number of hydrogen-bond donors (Lipinski definition) is 2. The van der Waals surface area contributed by atoms with Gasteiger partial charge in [-0.1, -0.05) is 30.3 Å². The van der Waals surface area contributed by atoms with E-state index in [-0.39, 0.29) is 18.1 Å². The average molecular weight is 334 g/mol. The minimum absolute atomic E-state index is 0.0373. The van der Waals surface area contributed by atoms with Gasteiger partial charge in [-0.25, -0.2) is 0 Å². The van der Waals surface area contributed by atoms with Crippen LogP contribution in [0.2, 0.25) is 0 Å². The van der Waals surface area contributed by atoms with Crippen LogP contribution in [0.3, 0.4) is 0 Å². The molecule has 1 aromatic rings. The Morgan fingerprint density at radius 2 is 1.92 bits per heavy atom. The summed E-state index contributed by atoms with van der Waals surface area (Å²) in [5.41, 5.74) is 0.821. The van der Waals surface area contributed by atoms with Crippen molar-refractivity contribution in [3.05, 3.63) is 35.9 Å². The molecule has 1 rings (SSSR count). The predicted molar refractivity (Wildman–Crippen MR) is 98.0 cm³/mol. The summed E-state index contributed by atoms with van der Waals surface area (Å²) in [6, 6.07) is 9.98. The Bertz CT molecular complexity index is 529. The van der Waals surface area contributed by atoms with Crippen LogP contribution in [0.1, 0.15) is 26.3 Å². The Morgan fingerprint density at radius 1 is 1.25 bits per heavy atom. The van der Waals surface area contributed by atoms with Crippen LogP contribution in [0.15, 0.2) is 35.3 Å². The first-order chi connectivity index (χ1) is 11.4. The van der Waals surface area contributed by atoms with E-state index < -0.39 is 0 Å². The molecular formula is C18H30N4O2. The summed E-state index contributed by atoms with van der Waals surface area (Å²) < 4.78 is 5.36. The number of ether oxygens (including phenoxy) is 1. The smallest absolute Gasteiger partial charge is 0.242 e. The summed E-state index contributed by atoms with van der Waals surface area (Å²) in [5, 5.41) is 6.22. The van der Waals surface area contributed by atoms with Gasteiger partial charge in [0.15, 0.2) is 5.96 Å². The number of carbonyl (C=O) groups is 1. The van der Waals surface area contributed by atoms with Crippen LogP contribution in [0.25, 0.3) is 0 Å². The second kappa shape index (κ2) is 9.93. The van der Waals surface area contributed by atoms with Crippen LogP contribution in [0, 0.1) is 0 Å². The lowest BCUT2D eigenvalue weighted by atomic mass is 10.1. The molecule has 2 N–H and O–H groups in total. The number of methoxy groups -OCH3 is 1. The zero-order chi connectivity index (χ0) is 18.0. The Hall–Kier alpha value is -2.08. The lowest BCUT2D eigenvalue weighted by Crippen LogP contribution is -2.48. The maximum atomic E-state index is 12.4. The van der Waals surface area contributed by atoms with Gasteiger partial charge in [-0.2, -0.15) is 0 Å². The van der Waals surface area contributed by atoms with E-state index in [0.29, 0.717) is 25.6 Å². The molecule has 1 amide bonds. The lowest BCUT2D eigenvalue weighted by Gasteiger charge is -2.25. The van der Waals surface area contributed by atoms with Crippen molar-refractivity contribution < 1.29 is 9.53 Å². The van der Waals surface area contributed by atoms with Gasteiger partial charge >= 0.3 is 0 Å². The summed E-state index contributed by atoms with van der Waals surface area (Å²) in [7, 11) is 3.35. The monoisotopic (exact) mass is 334 g/mol. The number of guanidine groups is 1. The van der Waals surface area contributed by atoms with Crippen molar-refractivity contribution in [2.45, 2.75) is 32.9 Å². The number of carbonyl (C=O) groups excluding carboxylic acids is 1. The van der Waals surface area contributed by atoms with E-state index in [0.717, 1.165) is 5.56 Å². The van der Waals surface area contributed by atoms with E-state index >= 15 is 0 Å². The first-order valence-electron chi connectivity index (χ1n) is 8.23. The Morgan fingerprint density at radius 3 is 2.46 bits per heavy atom. The van der Waals surface area contributed by atoms with E-state index in [1.54, 1.807) is 14.2 Å². The summed E-state index contributed by atoms with van der Waals surface area (Å²) in [5.74, 6) is 0.625. The van der Waals surface area contributed by atoms with Crippen LogP contribution < -0.4 is 10.6 Å². The molecule has 24 heavy (non-hydrogen) atoms. The van der Waals surface area contributed by atoms with Gasteiger partial charge in [-0.05, 0) is 26.3 Å². The molecule has 0 atom stereocenters. The average Bonchev–Trinajstić information content (AvgIpc) is 2.60. The van der Waals surface area contributed by atoms with Gasteiger partial charge in [0, 0.05) is 33.8 Å². The third-order valence-corrected chi connectivity index (χ3v) is 3.82. The number of benzene rings is 1. The topological polar surface area (TPSA) is 66.0 Å². The Labute approximate surface area is 145 Å². The second-order valence-corrected chi connectivity index (χ2v) is 6.14. The third kappa shape index (κ3) is 7.00. The second-order valence-electron chi connectivity index (χ2n) is 6.14. The first-order valence-corrected chi connectivity index (χ1v) is 8.23. The standard InChI is InChI=1S/C18H30N4O2/c1-6-22(13-15-10-8-7-9-11-15)16(23)12-20-17(19-4)21-14-18(2,3)24-5/h7-11H,6,12-14H2,1-5H3,(H2,19,20,21). The molecule has 0 unspecified atom stereocenters. The first kappa shape index (κ1) is 20.0. The Balaban J connectivity index is 2.49. The highest BCUT2D eigenvalue weighted by atomic mass is 16.5. The number of likely N-dealkylation sites (N-methyl/N-ethyl adjacent to an activating group) is 1. The largest absolute Gasteiger partial charge is 0.377 e. The zero-order valence-corrected chi connectivity index (χ0v) is 15.4. The highest BCUT2D eigenvalue weighted by Crippen LogP contribution is 2.05. The number of aliphatic imine (C=N–C) groups is 1. The van der Waals surface area contributed by atoms with Crippen molar-refractivity contribution in [2.24, 2.45) is 4.99 Å². The van der Waals surface area contributed by atoms with E-state index in [2.05, 4.69) is 15.6 Å². The molecule has 134 valence electrons. The molecule has 0 bridgehead atoms. The highest BCUT2D eigenvalue weighted by molar-refractivity contribution is 5.86. The quantitative estimate of drug-likeness (QED) is 0.560. The van der Waals surface area contributed by atoms with E-state index in [4.69, 9.17) is 4.74 Å². The molecule has 1 aromatic carbocycles. The van der Waals surface area contributed by atoms with Crippen molar-refractivity contribution in [1.29, 1.82) is 0 Å². The summed E-state index contributed by atoms with van der Waals surface area (Å²) in [6.07, 6.45) is 0. The van der Waals surface area contributed by atoms with Crippen molar-refractivity contribution in [3.63, 3.8) is 0 Å². The van der Waals surface area contributed by atoms with Gasteiger partial charge in [-0.15, -0.1) is 0 Å². The zero-order valence-electron chi connectivity index (χ0n) is 15.4. The van der Waals surface area contributed by atoms with E-state index in [1.807, 2.05) is 56.0 Å². The van der Waals surface area contributed by atoms with Crippen molar-refractivity contribution in [2.75, 3.05) is 33.8 Å². The molecule has 6 nitrogen and oxygen atoms in total. The predicted octanol–water partition coefficient (Wildman–Crippen LogP) is 1.63. The fourth-order valence-electron chi connectivity index (χ4n) is 2.04. The SMILES string of the molecule is CCN(Cc1ccccc1)C(=O)CNC(=NC)NCC(C)(C)OC. The van der Waals surface area contributed by atoms with Crippen LogP contribution in [0.4, 0.5) is 0 Å². The van der Waals surface area contributed by atoms with E-state index in [9.17, 15) is 4.79 Å². The molecule has 0 aliphatic rings. The fourth-order valence-corrected chi connectivity index (χ4v) is 2.04. The van der Waals surface area contributed by atoms with Gasteiger partial charge in [0.2, 0.25) is 5.91 Å². The lowest BCUT2D eigenvalue weighted by molar-refractivity contribution is -0.130. The summed E-state index contributed by atoms with van der Waals surface area (Å²) in [4.78, 5) is 18.4. The third-order valence-electron chi connectivity index (χ3n) is 3.82. The van der Waals surface area contributed by atoms with Gasteiger partial charge in [0.25, 0.3) is 0 Å². The number of nitrogens with one attached hydrogen (secondary N) is 2. The number of hydrogen-bond acceptors (Lipinski definition) is 3. The molecule has 0 spiro atoms. The molecule has 0 saturated carbocycles. The van der Waals surface area contributed by atoms with E-state index in [1.165, 1.54) is 0 Å².